The Balaban J connectivity index is 1.60. The highest BCUT2D eigenvalue weighted by atomic mass is 32.2. The Labute approximate surface area is 167 Å². The lowest BCUT2D eigenvalue weighted by molar-refractivity contribution is -0.118. The number of thioether (sulfide) groups is 1. The predicted octanol–water partition coefficient (Wildman–Crippen LogP) is 2.97. The zero-order valence-electron chi connectivity index (χ0n) is 15.7. The summed E-state index contributed by atoms with van der Waals surface area (Å²) in [6.45, 7) is 2.28. The van der Waals surface area contributed by atoms with E-state index in [1.165, 1.54) is 7.11 Å². The number of pyridine rings is 1. The van der Waals surface area contributed by atoms with Crippen LogP contribution < -0.4 is 10.1 Å². The lowest BCUT2D eigenvalue weighted by Gasteiger charge is -2.10. The Morgan fingerprint density at radius 3 is 2.50 bits per heavy atom. The maximum Gasteiger partial charge on any atom is 0.286 e. The minimum absolute atomic E-state index is 0.209. The van der Waals surface area contributed by atoms with Crippen molar-refractivity contribution >= 4 is 28.6 Å². The number of benzene rings is 1. The number of carbonyl (C=O) groups is 2. The van der Waals surface area contributed by atoms with Crippen molar-refractivity contribution in [2.75, 3.05) is 13.7 Å². The van der Waals surface area contributed by atoms with Crippen molar-refractivity contribution in [3.63, 3.8) is 0 Å². The van der Waals surface area contributed by atoms with E-state index in [0.717, 1.165) is 29.3 Å². The summed E-state index contributed by atoms with van der Waals surface area (Å²) in [6, 6.07) is 11.3. The van der Waals surface area contributed by atoms with Gasteiger partial charge < -0.3 is 9.57 Å². The molecule has 1 aromatic carbocycles. The van der Waals surface area contributed by atoms with Crippen LogP contribution in [0.2, 0.25) is 0 Å². The number of nitrogens with zero attached hydrogens (tertiary/aromatic N) is 2. The van der Waals surface area contributed by atoms with Crippen molar-refractivity contribution in [3.05, 3.63) is 59.4 Å². The number of aryl methyl sites for hydroxylation is 1. The average Bonchev–Trinajstić information content (AvgIpc) is 3.03. The number of carbonyl (C=O) groups excluding carboxylic acids is 2. The molecule has 1 saturated heterocycles. The van der Waals surface area contributed by atoms with Crippen LogP contribution in [0.3, 0.4) is 0 Å². The fourth-order valence-electron chi connectivity index (χ4n) is 2.68. The van der Waals surface area contributed by atoms with E-state index in [1.54, 1.807) is 0 Å². The Bertz CT molecular complexity index is 866. The molecule has 1 aliphatic rings. The lowest BCUT2D eigenvalue weighted by Crippen LogP contribution is -2.25. The Morgan fingerprint density at radius 2 is 1.93 bits per heavy atom. The first kappa shape index (κ1) is 19.9. The van der Waals surface area contributed by atoms with E-state index >= 15 is 0 Å². The molecule has 0 bridgehead atoms. The third kappa shape index (κ3) is 5.10. The van der Waals surface area contributed by atoms with Crippen molar-refractivity contribution < 1.29 is 19.2 Å². The highest BCUT2D eigenvalue weighted by Gasteiger charge is 2.31. The largest absolute Gasteiger partial charge is 0.487 e. The normalized spacial score (nSPS) is 16.8. The summed E-state index contributed by atoms with van der Waals surface area (Å²) < 4.78 is 5.81. The molecule has 1 aliphatic heterocycles. The molecule has 1 fully saturated rings. The second kappa shape index (κ2) is 9.36. The van der Waals surface area contributed by atoms with E-state index in [2.05, 4.69) is 22.4 Å². The number of aromatic nitrogens is 1. The summed E-state index contributed by atoms with van der Waals surface area (Å²) in [4.78, 5) is 32.2. The number of amides is 2. The van der Waals surface area contributed by atoms with Crippen LogP contribution in [0.15, 0.2) is 47.8 Å². The van der Waals surface area contributed by atoms with Gasteiger partial charge in [0.15, 0.2) is 0 Å². The number of ether oxygens (including phenoxy) is 1. The third-order valence-corrected chi connectivity index (χ3v) is 5.20. The topological polar surface area (TPSA) is 89.9 Å². The quantitative estimate of drug-likeness (QED) is 0.542. The number of imide groups is 1. The third-order valence-electron chi connectivity index (χ3n) is 4.22. The number of rotatable bonds is 8. The molecule has 0 aliphatic carbocycles. The minimum atomic E-state index is -0.378. The van der Waals surface area contributed by atoms with Gasteiger partial charge in [0.05, 0.1) is 10.9 Å². The van der Waals surface area contributed by atoms with Crippen molar-refractivity contribution in [3.8, 4) is 5.75 Å². The number of nitrogens with one attached hydrogen (secondary N) is 1. The molecule has 0 radical (unpaired) electrons. The maximum absolute atomic E-state index is 11.7. The van der Waals surface area contributed by atoms with Gasteiger partial charge in [0.2, 0.25) is 5.91 Å². The van der Waals surface area contributed by atoms with Gasteiger partial charge in [-0.2, -0.15) is 0 Å². The van der Waals surface area contributed by atoms with Gasteiger partial charge in [0, 0.05) is 6.20 Å². The van der Waals surface area contributed by atoms with Gasteiger partial charge in [-0.1, -0.05) is 42.0 Å². The van der Waals surface area contributed by atoms with E-state index in [9.17, 15) is 9.59 Å². The van der Waals surface area contributed by atoms with Gasteiger partial charge in [-0.05, 0) is 42.2 Å². The fraction of sp³-hybridized carbons (Fsp3) is 0.300. The van der Waals surface area contributed by atoms with Gasteiger partial charge in [-0.15, -0.1) is 0 Å². The molecule has 1 atom stereocenters. The summed E-state index contributed by atoms with van der Waals surface area (Å²) in [5.74, 6) is 0.426. The second-order valence-electron chi connectivity index (χ2n) is 6.15. The van der Waals surface area contributed by atoms with Gasteiger partial charge in [-0.25, -0.2) is 0 Å². The van der Waals surface area contributed by atoms with Gasteiger partial charge in [0.1, 0.15) is 25.2 Å². The van der Waals surface area contributed by atoms with Gasteiger partial charge >= 0.3 is 0 Å². The van der Waals surface area contributed by atoms with Crippen LogP contribution in [-0.2, 0) is 22.5 Å². The van der Waals surface area contributed by atoms with Crippen molar-refractivity contribution in [2.24, 2.45) is 5.16 Å². The first-order valence-electron chi connectivity index (χ1n) is 8.87. The monoisotopic (exact) mass is 399 g/mol. The number of oxime groups is 1. The molecule has 2 amide bonds. The fourth-order valence-corrected chi connectivity index (χ4v) is 3.54. The van der Waals surface area contributed by atoms with Crippen LogP contribution in [0.5, 0.6) is 5.75 Å². The summed E-state index contributed by atoms with van der Waals surface area (Å²) >= 11 is 1.03. The highest BCUT2D eigenvalue weighted by molar-refractivity contribution is 8.15. The molecule has 7 nitrogen and oxygen atoms in total. The summed E-state index contributed by atoms with van der Waals surface area (Å²) in [5, 5.41) is 5.64. The van der Waals surface area contributed by atoms with Crippen LogP contribution >= 0.6 is 11.8 Å². The molecule has 1 aromatic heterocycles. The molecule has 3 rings (SSSR count). The van der Waals surface area contributed by atoms with E-state index in [1.807, 2.05) is 42.6 Å². The predicted molar refractivity (Wildman–Crippen MR) is 108 cm³/mol. The summed E-state index contributed by atoms with van der Waals surface area (Å²) in [7, 11) is 1.48. The molecule has 28 heavy (non-hydrogen) atoms. The smallest absolute Gasteiger partial charge is 0.286 e. The van der Waals surface area contributed by atoms with Crippen LogP contribution in [0.25, 0.3) is 0 Å². The first-order valence-corrected chi connectivity index (χ1v) is 9.75. The van der Waals surface area contributed by atoms with E-state index in [4.69, 9.17) is 9.57 Å². The summed E-state index contributed by atoms with van der Waals surface area (Å²) in [6.07, 6.45) is 3.23. The van der Waals surface area contributed by atoms with Gasteiger partial charge in [0.25, 0.3) is 5.24 Å². The molecule has 1 unspecified atom stereocenters. The molecule has 2 aromatic rings. The zero-order valence-corrected chi connectivity index (χ0v) is 16.5. The average molecular weight is 399 g/mol. The van der Waals surface area contributed by atoms with Gasteiger partial charge in [-0.3, -0.25) is 19.9 Å². The first-order chi connectivity index (χ1) is 13.6. The molecule has 146 valence electrons. The molecule has 0 spiro atoms. The van der Waals surface area contributed by atoms with Crippen molar-refractivity contribution in [2.45, 2.75) is 25.0 Å². The van der Waals surface area contributed by atoms with Crippen LogP contribution in [-0.4, -0.2) is 40.8 Å². The Kier molecular flexibility index (Phi) is 6.65. The molecule has 0 saturated carbocycles. The molecule has 2 heterocycles. The molecular formula is C20H21N3O4S. The van der Waals surface area contributed by atoms with Crippen LogP contribution in [0.4, 0.5) is 4.79 Å². The number of hydrogen-bond acceptors (Lipinski definition) is 7. The maximum atomic E-state index is 11.7. The minimum Gasteiger partial charge on any atom is -0.487 e. The lowest BCUT2D eigenvalue weighted by atomic mass is 10.1. The van der Waals surface area contributed by atoms with Crippen molar-refractivity contribution in [1.82, 2.24) is 10.3 Å². The SMILES string of the molecule is CCc1ccc(/C(COc2ccc(CC3SC(=O)NC3=O)cc2)=N/OC)nc1. The zero-order chi connectivity index (χ0) is 19.9. The van der Waals surface area contributed by atoms with E-state index in [0.29, 0.717) is 23.6 Å². The molecule has 8 heteroatoms. The van der Waals surface area contributed by atoms with Crippen LogP contribution in [0.1, 0.15) is 23.7 Å². The highest BCUT2D eigenvalue weighted by Crippen LogP contribution is 2.24. The number of hydrogen-bond donors (Lipinski definition) is 1. The van der Waals surface area contributed by atoms with Crippen LogP contribution in [0, 0.1) is 0 Å². The Hall–Kier alpha value is -2.87. The van der Waals surface area contributed by atoms with E-state index < -0.39 is 0 Å². The molecular weight excluding hydrogens is 378 g/mol. The standard InChI is InChI=1S/C20H21N3O4S/c1-3-13-6-9-16(21-11-13)17(23-26-2)12-27-15-7-4-14(5-8-15)10-18-19(24)22-20(25)28-18/h4-9,11,18H,3,10,12H2,1-2H3,(H,22,24,25)/b23-17+. The molecule has 1 N–H and O–H groups in total. The van der Waals surface area contributed by atoms with E-state index in [-0.39, 0.29) is 23.0 Å². The van der Waals surface area contributed by atoms with Crippen molar-refractivity contribution in [1.29, 1.82) is 0 Å². The Morgan fingerprint density at radius 1 is 1.18 bits per heavy atom. The second-order valence-corrected chi connectivity index (χ2v) is 7.32. The summed E-state index contributed by atoms with van der Waals surface area (Å²) in [5.41, 5.74) is 3.39.